The average molecular weight is 184 g/mol. The molecule has 0 aliphatic heterocycles. The van der Waals surface area contributed by atoms with Crippen LogP contribution >= 0.6 is 0 Å². The second kappa shape index (κ2) is 3.22. The van der Waals surface area contributed by atoms with Gasteiger partial charge in [0, 0.05) is 0 Å². The summed E-state index contributed by atoms with van der Waals surface area (Å²) < 4.78 is 4.69. The molecule has 0 aromatic heterocycles. The first-order valence-corrected chi connectivity index (χ1v) is 3.40. The summed E-state index contributed by atoms with van der Waals surface area (Å²) in [5, 5.41) is 26.8. The van der Waals surface area contributed by atoms with Crippen molar-refractivity contribution in [3.05, 3.63) is 17.7 Å². The van der Waals surface area contributed by atoms with E-state index >= 15 is 0 Å². The highest BCUT2D eigenvalue weighted by Crippen LogP contribution is 2.35. The van der Waals surface area contributed by atoms with Crippen molar-refractivity contribution in [2.24, 2.45) is 0 Å². The fourth-order valence-electron chi connectivity index (χ4n) is 0.938. The normalized spacial score (nSPS) is 9.62. The summed E-state index contributed by atoms with van der Waals surface area (Å²) >= 11 is 0. The van der Waals surface area contributed by atoms with E-state index in [1.54, 1.807) is 0 Å². The van der Waals surface area contributed by atoms with E-state index in [-0.39, 0.29) is 5.75 Å². The number of carbonyl (C=O) groups is 1. The number of phenols is 2. The number of carboxylic acid groups (broad SMARTS) is 1. The van der Waals surface area contributed by atoms with Gasteiger partial charge in [-0.05, 0) is 12.1 Å². The summed E-state index contributed by atoms with van der Waals surface area (Å²) in [7, 11) is 1.28. The van der Waals surface area contributed by atoms with E-state index in [0.29, 0.717) is 0 Å². The zero-order valence-electron chi connectivity index (χ0n) is 6.81. The molecule has 1 aromatic rings. The molecule has 0 unspecified atom stereocenters. The van der Waals surface area contributed by atoms with Gasteiger partial charge in [0.15, 0.2) is 11.5 Å². The van der Waals surface area contributed by atoms with E-state index in [4.69, 9.17) is 20.1 Å². The van der Waals surface area contributed by atoms with Crippen LogP contribution in [0.2, 0.25) is 0 Å². The van der Waals surface area contributed by atoms with Crippen LogP contribution in [0.15, 0.2) is 12.1 Å². The Morgan fingerprint density at radius 1 is 1.38 bits per heavy atom. The Morgan fingerprint density at radius 3 is 2.46 bits per heavy atom. The largest absolute Gasteiger partial charge is 0.504 e. The molecule has 0 saturated heterocycles. The number of benzene rings is 1. The fraction of sp³-hybridized carbons (Fsp3) is 0.125. The number of rotatable bonds is 2. The molecule has 0 fully saturated rings. The number of carboxylic acids is 1. The molecule has 0 aliphatic carbocycles. The molecule has 0 heterocycles. The molecule has 70 valence electrons. The van der Waals surface area contributed by atoms with Gasteiger partial charge in [0.2, 0.25) is 0 Å². The lowest BCUT2D eigenvalue weighted by molar-refractivity contribution is 0.0689. The van der Waals surface area contributed by atoms with Crippen LogP contribution in [-0.2, 0) is 0 Å². The van der Waals surface area contributed by atoms with Gasteiger partial charge in [-0.15, -0.1) is 0 Å². The predicted octanol–water partition coefficient (Wildman–Crippen LogP) is 0.805. The van der Waals surface area contributed by atoms with Gasteiger partial charge in [0.25, 0.3) is 0 Å². The Bertz CT molecular complexity index is 345. The molecule has 3 N–H and O–H groups in total. The summed E-state index contributed by atoms with van der Waals surface area (Å²) in [5.41, 5.74) is -0.442. The highest BCUT2D eigenvalue weighted by Gasteiger charge is 2.18. The molecule has 1 aromatic carbocycles. The smallest absolute Gasteiger partial charge is 0.343 e. The Hall–Kier alpha value is -1.91. The third-order valence-corrected chi connectivity index (χ3v) is 1.55. The summed E-state index contributed by atoms with van der Waals surface area (Å²) in [6, 6.07) is 2.42. The van der Waals surface area contributed by atoms with Gasteiger partial charge in [-0.25, -0.2) is 4.79 Å². The molecule has 1 rings (SSSR count). The first-order chi connectivity index (χ1) is 6.07. The zero-order valence-corrected chi connectivity index (χ0v) is 6.81. The third kappa shape index (κ3) is 1.48. The van der Waals surface area contributed by atoms with E-state index in [1.807, 2.05) is 0 Å². The molecule has 0 radical (unpaired) electrons. The van der Waals surface area contributed by atoms with Crippen molar-refractivity contribution in [3.8, 4) is 17.2 Å². The number of aromatic carboxylic acids is 1. The molecular formula is C8H8O5. The van der Waals surface area contributed by atoms with E-state index < -0.39 is 23.0 Å². The number of hydrogen-bond acceptors (Lipinski definition) is 4. The first-order valence-electron chi connectivity index (χ1n) is 3.40. The topological polar surface area (TPSA) is 87.0 Å². The Labute approximate surface area is 73.8 Å². The van der Waals surface area contributed by atoms with Gasteiger partial charge in [-0.1, -0.05) is 0 Å². The molecule has 5 nitrogen and oxygen atoms in total. The molecule has 0 saturated carbocycles. The molecule has 0 aliphatic rings. The Balaban J connectivity index is 3.41. The third-order valence-electron chi connectivity index (χ3n) is 1.55. The molecule has 0 atom stereocenters. The summed E-state index contributed by atoms with van der Waals surface area (Å²) in [5.74, 6) is -2.53. The quantitative estimate of drug-likeness (QED) is 0.592. The molecule has 5 heteroatoms. The maximum absolute atomic E-state index is 10.6. The predicted molar refractivity (Wildman–Crippen MR) is 43.3 cm³/mol. The van der Waals surface area contributed by atoms with Gasteiger partial charge >= 0.3 is 5.97 Å². The average Bonchev–Trinajstić information content (AvgIpc) is 2.08. The highest BCUT2D eigenvalue weighted by atomic mass is 16.5. The summed E-state index contributed by atoms with van der Waals surface area (Å²) in [6.45, 7) is 0. The standard InChI is InChI=1S/C8H8O5/c1-13-5-3-2-4(9)7(10)6(5)8(11)12/h2-3,9-10H,1H3,(H,11,12). The van der Waals surface area contributed by atoms with E-state index in [2.05, 4.69) is 0 Å². The molecule has 0 bridgehead atoms. The van der Waals surface area contributed by atoms with Crippen molar-refractivity contribution < 1.29 is 24.9 Å². The number of phenolic OH excluding ortho intramolecular Hbond substituents is 1. The van der Waals surface area contributed by atoms with Crippen molar-refractivity contribution >= 4 is 5.97 Å². The van der Waals surface area contributed by atoms with Crippen molar-refractivity contribution in [1.29, 1.82) is 0 Å². The number of hydrogen-bond donors (Lipinski definition) is 3. The fourth-order valence-corrected chi connectivity index (χ4v) is 0.938. The van der Waals surface area contributed by atoms with Crippen LogP contribution in [0.4, 0.5) is 0 Å². The van der Waals surface area contributed by atoms with Crippen molar-refractivity contribution in [2.75, 3.05) is 7.11 Å². The van der Waals surface area contributed by atoms with Crippen LogP contribution < -0.4 is 4.74 Å². The number of aromatic hydroxyl groups is 2. The maximum atomic E-state index is 10.6. The molecule has 13 heavy (non-hydrogen) atoms. The lowest BCUT2D eigenvalue weighted by atomic mass is 10.1. The second-order valence-corrected chi connectivity index (χ2v) is 2.32. The monoisotopic (exact) mass is 184 g/mol. The van der Waals surface area contributed by atoms with E-state index in [0.717, 1.165) is 6.07 Å². The minimum atomic E-state index is -1.36. The SMILES string of the molecule is COc1ccc(O)c(O)c1C(=O)O. The van der Waals surface area contributed by atoms with Gasteiger partial charge in [0.05, 0.1) is 7.11 Å². The summed E-state index contributed by atoms with van der Waals surface area (Å²) in [4.78, 5) is 10.6. The van der Waals surface area contributed by atoms with Crippen LogP contribution in [0.1, 0.15) is 10.4 Å². The lowest BCUT2D eigenvalue weighted by Gasteiger charge is -2.07. The minimum Gasteiger partial charge on any atom is -0.504 e. The van der Waals surface area contributed by atoms with Crippen LogP contribution in [0.25, 0.3) is 0 Å². The highest BCUT2D eigenvalue weighted by molar-refractivity contribution is 5.95. The van der Waals surface area contributed by atoms with Crippen LogP contribution in [0.5, 0.6) is 17.2 Å². The molecule has 0 spiro atoms. The van der Waals surface area contributed by atoms with Gasteiger partial charge in [-0.2, -0.15) is 0 Å². The molecule has 0 amide bonds. The van der Waals surface area contributed by atoms with Gasteiger partial charge < -0.3 is 20.1 Å². The van der Waals surface area contributed by atoms with Crippen LogP contribution in [0, 0.1) is 0 Å². The van der Waals surface area contributed by atoms with Crippen molar-refractivity contribution in [1.82, 2.24) is 0 Å². The van der Waals surface area contributed by atoms with Gasteiger partial charge in [0.1, 0.15) is 11.3 Å². The summed E-state index contributed by atoms with van der Waals surface area (Å²) in [6.07, 6.45) is 0. The maximum Gasteiger partial charge on any atom is 0.343 e. The Morgan fingerprint density at radius 2 is 2.00 bits per heavy atom. The van der Waals surface area contributed by atoms with E-state index in [1.165, 1.54) is 13.2 Å². The second-order valence-electron chi connectivity index (χ2n) is 2.32. The van der Waals surface area contributed by atoms with Crippen LogP contribution in [0.3, 0.4) is 0 Å². The van der Waals surface area contributed by atoms with E-state index in [9.17, 15) is 4.79 Å². The van der Waals surface area contributed by atoms with Gasteiger partial charge in [-0.3, -0.25) is 0 Å². The zero-order chi connectivity index (χ0) is 10.0. The number of methoxy groups -OCH3 is 1. The number of ether oxygens (including phenoxy) is 1. The minimum absolute atomic E-state index is 0.00259. The molecular weight excluding hydrogens is 176 g/mol. The Kier molecular flexibility index (Phi) is 2.27. The van der Waals surface area contributed by atoms with Crippen molar-refractivity contribution in [3.63, 3.8) is 0 Å². The lowest BCUT2D eigenvalue weighted by Crippen LogP contribution is -2.00. The van der Waals surface area contributed by atoms with Crippen molar-refractivity contribution in [2.45, 2.75) is 0 Å². The van der Waals surface area contributed by atoms with Crippen LogP contribution in [-0.4, -0.2) is 28.4 Å². The first kappa shape index (κ1) is 9.18.